The molecule has 0 atom stereocenters. The molecule has 0 unspecified atom stereocenters. The van der Waals surface area contributed by atoms with E-state index in [1.165, 1.54) is 6.07 Å². The number of ether oxygens (including phenoxy) is 1. The molecule has 2 aromatic rings. The lowest BCUT2D eigenvalue weighted by atomic mass is 10.2. The molecule has 0 radical (unpaired) electrons. The van der Waals surface area contributed by atoms with Gasteiger partial charge in [-0.05, 0) is 12.1 Å². The average molecular weight is 260 g/mol. The van der Waals surface area contributed by atoms with Crippen molar-refractivity contribution < 1.29 is 4.74 Å². The minimum atomic E-state index is 0.325. The molecule has 2 rings (SSSR count). The molecule has 4 nitrogen and oxygen atoms in total. The van der Waals surface area contributed by atoms with Crippen molar-refractivity contribution in [1.29, 1.82) is 5.26 Å². The van der Waals surface area contributed by atoms with Crippen LogP contribution in [0.1, 0.15) is 18.3 Å². The monoisotopic (exact) mass is 259 g/mol. The second-order valence-electron chi connectivity index (χ2n) is 3.51. The second kappa shape index (κ2) is 5.48. The molecule has 0 N–H and O–H groups in total. The molecule has 0 saturated carbocycles. The zero-order chi connectivity index (χ0) is 13.0. The molecule has 0 amide bonds. The normalized spacial score (nSPS) is 9.83. The van der Waals surface area contributed by atoms with Crippen LogP contribution < -0.4 is 4.74 Å². The van der Waals surface area contributed by atoms with Crippen molar-refractivity contribution in [2.45, 2.75) is 13.3 Å². The van der Waals surface area contributed by atoms with E-state index in [1.807, 2.05) is 6.92 Å². The molecule has 0 aliphatic carbocycles. The van der Waals surface area contributed by atoms with Gasteiger partial charge in [-0.3, -0.25) is 0 Å². The molecule has 18 heavy (non-hydrogen) atoms. The van der Waals surface area contributed by atoms with E-state index in [1.54, 1.807) is 24.3 Å². The van der Waals surface area contributed by atoms with E-state index in [0.717, 1.165) is 0 Å². The van der Waals surface area contributed by atoms with Crippen LogP contribution in [0.25, 0.3) is 0 Å². The van der Waals surface area contributed by atoms with Gasteiger partial charge in [0.1, 0.15) is 22.8 Å². The third-order valence-corrected chi connectivity index (χ3v) is 2.45. The molecule has 0 saturated heterocycles. The molecular formula is C13H10ClN3O. The topological polar surface area (TPSA) is 58.8 Å². The van der Waals surface area contributed by atoms with Gasteiger partial charge in [0, 0.05) is 12.5 Å². The van der Waals surface area contributed by atoms with E-state index in [4.69, 9.17) is 21.6 Å². The van der Waals surface area contributed by atoms with Gasteiger partial charge < -0.3 is 4.74 Å². The van der Waals surface area contributed by atoms with E-state index < -0.39 is 0 Å². The van der Waals surface area contributed by atoms with Gasteiger partial charge >= 0.3 is 0 Å². The van der Waals surface area contributed by atoms with E-state index >= 15 is 0 Å². The predicted octanol–water partition coefficient (Wildman–Crippen LogP) is 3.36. The first-order valence-corrected chi connectivity index (χ1v) is 5.81. The van der Waals surface area contributed by atoms with Crippen LogP contribution >= 0.6 is 11.6 Å². The Morgan fingerprint density at radius 2 is 2.11 bits per heavy atom. The van der Waals surface area contributed by atoms with Gasteiger partial charge in [-0.15, -0.1) is 0 Å². The summed E-state index contributed by atoms with van der Waals surface area (Å²) in [5, 5.41) is 9.29. The first-order valence-electron chi connectivity index (χ1n) is 5.43. The molecule has 0 aliphatic rings. The second-order valence-corrected chi connectivity index (χ2v) is 3.90. The number of aryl methyl sites for hydroxylation is 1. The summed E-state index contributed by atoms with van der Waals surface area (Å²) in [6.45, 7) is 1.93. The van der Waals surface area contributed by atoms with Crippen LogP contribution in [0.2, 0.25) is 5.15 Å². The minimum Gasteiger partial charge on any atom is -0.437 e. The third-order valence-electron chi connectivity index (χ3n) is 2.26. The van der Waals surface area contributed by atoms with Gasteiger partial charge in [0.25, 0.3) is 0 Å². The lowest BCUT2D eigenvalue weighted by Gasteiger charge is -2.07. The molecular weight excluding hydrogens is 250 g/mol. The maximum absolute atomic E-state index is 8.96. The number of rotatable bonds is 3. The fraction of sp³-hybridized carbons (Fsp3) is 0.154. The first-order chi connectivity index (χ1) is 8.72. The van der Waals surface area contributed by atoms with Gasteiger partial charge in [0.15, 0.2) is 0 Å². The van der Waals surface area contributed by atoms with Crippen LogP contribution in [-0.2, 0) is 6.42 Å². The lowest BCUT2D eigenvalue weighted by Crippen LogP contribution is -1.97. The highest BCUT2D eigenvalue weighted by Gasteiger charge is 2.07. The minimum absolute atomic E-state index is 0.325. The zero-order valence-corrected chi connectivity index (χ0v) is 10.5. The fourth-order valence-corrected chi connectivity index (χ4v) is 1.60. The Morgan fingerprint density at radius 1 is 1.33 bits per heavy atom. The van der Waals surface area contributed by atoms with E-state index in [0.29, 0.717) is 34.6 Å². The zero-order valence-electron chi connectivity index (χ0n) is 9.72. The highest BCUT2D eigenvalue weighted by atomic mass is 35.5. The van der Waals surface area contributed by atoms with Gasteiger partial charge in [0.05, 0.1) is 5.56 Å². The maximum atomic E-state index is 8.96. The number of nitriles is 1. The summed E-state index contributed by atoms with van der Waals surface area (Å²) in [5.74, 6) is 1.40. The largest absolute Gasteiger partial charge is 0.437 e. The fourth-order valence-electron chi connectivity index (χ4n) is 1.41. The summed E-state index contributed by atoms with van der Waals surface area (Å²) >= 11 is 5.87. The molecule has 90 valence electrons. The molecule has 0 fully saturated rings. The quantitative estimate of drug-likeness (QED) is 0.793. The molecule has 1 aromatic heterocycles. The van der Waals surface area contributed by atoms with Gasteiger partial charge in [-0.25, -0.2) is 4.98 Å². The summed E-state index contributed by atoms with van der Waals surface area (Å²) in [5.41, 5.74) is 0.449. The number of aromatic nitrogens is 2. The van der Waals surface area contributed by atoms with Crippen LogP contribution in [-0.4, -0.2) is 9.97 Å². The third kappa shape index (κ3) is 2.76. The summed E-state index contributed by atoms with van der Waals surface area (Å²) in [6, 6.07) is 10.5. The Balaban J connectivity index is 2.34. The van der Waals surface area contributed by atoms with E-state index in [9.17, 15) is 0 Å². The Hall–Kier alpha value is -2.12. The van der Waals surface area contributed by atoms with E-state index in [2.05, 4.69) is 16.0 Å². The van der Waals surface area contributed by atoms with Crippen molar-refractivity contribution in [3.8, 4) is 17.7 Å². The highest BCUT2D eigenvalue weighted by molar-refractivity contribution is 6.29. The number of para-hydroxylation sites is 1. The van der Waals surface area contributed by atoms with Gasteiger partial charge in [0.2, 0.25) is 5.88 Å². The summed E-state index contributed by atoms with van der Waals surface area (Å²) in [6.07, 6.45) is 0.664. The Morgan fingerprint density at radius 3 is 2.83 bits per heavy atom. The van der Waals surface area contributed by atoms with Crippen molar-refractivity contribution >= 4 is 11.6 Å². The summed E-state index contributed by atoms with van der Waals surface area (Å²) in [7, 11) is 0. The summed E-state index contributed by atoms with van der Waals surface area (Å²) < 4.78 is 5.57. The van der Waals surface area contributed by atoms with Crippen molar-refractivity contribution in [1.82, 2.24) is 9.97 Å². The van der Waals surface area contributed by atoms with Crippen molar-refractivity contribution in [3.05, 3.63) is 46.9 Å². The van der Waals surface area contributed by atoms with Gasteiger partial charge in [-0.1, -0.05) is 30.7 Å². The predicted molar refractivity (Wildman–Crippen MR) is 67.7 cm³/mol. The van der Waals surface area contributed by atoms with Crippen LogP contribution in [0.3, 0.4) is 0 Å². The van der Waals surface area contributed by atoms with Crippen molar-refractivity contribution in [3.63, 3.8) is 0 Å². The van der Waals surface area contributed by atoms with E-state index in [-0.39, 0.29) is 0 Å². The SMILES string of the molecule is CCc1nc(Cl)cc(Oc2ccccc2C#N)n1. The Kier molecular flexibility index (Phi) is 3.75. The van der Waals surface area contributed by atoms with Crippen LogP contribution in [0.4, 0.5) is 0 Å². The van der Waals surface area contributed by atoms with Crippen molar-refractivity contribution in [2.75, 3.05) is 0 Å². The number of benzene rings is 1. The van der Waals surface area contributed by atoms with Crippen LogP contribution in [0.5, 0.6) is 11.6 Å². The number of halogens is 1. The maximum Gasteiger partial charge on any atom is 0.224 e. The number of hydrogen-bond acceptors (Lipinski definition) is 4. The molecule has 1 aromatic carbocycles. The molecule has 0 spiro atoms. The smallest absolute Gasteiger partial charge is 0.224 e. The molecule has 5 heteroatoms. The molecule has 1 heterocycles. The average Bonchev–Trinajstić information content (AvgIpc) is 2.38. The molecule has 0 aliphatic heterocycles. The summed E-state index contributed by atoms with van der Waals surface area (Å²) in [4.78, 5) is 8.24. The highest BCUT2D eigenvalue weighted by Crippen LogP contribution is 2.24. The van der Waals surface area contributed by atoms with Gasteiger partial charge in [-0.2, -0.15) is 10.2 Å². The Labute approximate surface area is 110 Å². The van der Waals surface area contributed by atoms with Crippen molar-refractivity contribution in [2.24, 2.45) is 0 Å². The van der Waals surface area contributed by atoms with Crippen LogP contribution in [0.15, 0.2) is 30.3 Å². The Bertz CT molecular complexity index is 607. The number of nitrogens with zero attached hydrogens (tertiary/aromatic N) is 3. The van der Waals surface area contributed by atoms with Crippen LogP contribution in [0, 0.1) is 11.3 Å². The first kappa shape index (κ1) is 12.3. The lowest BCUT2D eigenvalue weighted by molar-refractivity contribution is 0.457. The number of hydrogen-bond donors (Lipinski definition) is 0. The standard InChI is InChI=1S/C13H10ClN3O/c1-2-12-16-11(14)7-13(17-12)18-10-6-4-3-5-9(10)8-15/h3-7H,2H2,1H3. The molecule has 0 bridgehead atoms.